The maximum absolute atomic E-state index is 12.0. The van der Waals surface area contributed by atoms with Crippen LogP contribution in [0.3, 0.4) is 0 Å². The first-order valence-corrected chi connectivity index (χ1v) is 6.62. The van der Waals surface area contributed by atoms with Gasteiger partial charge in [-0.15, -0.1) is 0 Å². The highest BCUT2D eigenvalue weighted by Gasteiger charge is 2.54. The van der Waals surface area contributed by atoms with Crippen molar-refractivity contribution in [2.75, 3.05) is 26.1 Å². The number of ether oxygens (including phenoxy) is 2. The Bertz CT molecular complexity index is 492. The van der Waals surface area contributed by atoms with E-state index in [2.05, 4.69) is 20.8 Å². The van der Waals surface area contributed by atoms with E-state index in [1.807, 2.05) is 0 Å². The van der Waals surface area contributed by atoms with Crippen LogP contribution in [0.5, 0.6) is 0 Å². The summed E-state index contributed by atoms with van der Waals surface area (Å²) >= 11 is 0. The number of hydrogen-bond acceptors (Lipinski definition) is 7. The summed E-state index contributed by atoms with van der Waals surface area (Å²) in [6.07, 6.45) is 1.18. The van der Waals surface area contributed by atoms with Gasteiger partial charge < -0.3 is 20.5 Å². The molecule has 0 unspecified atom stereocenters. The van der Waals surface area contributed by atoms with E-state index in [4.69, 9.17) is 15.2 Å². The highest BCUT2D eigenvalue weighted by molar-refractivity contribution is 5.76. The number of fused-ring (bicyclic) bond motifs is 1. The lowest BCUT2D eigenvalue weighted by Crippen LogP contribution is -2.63. The number of nitrogens with two attached hydrogens (primary N) is 1. The first-order valence-electron chi connectivity index (χ1n) is 6.62. The molecular weight excluding hydrogens is 264 g/mol. The van der Waals surface area contributed by atoms with E-state index in [0.717, 1.165) is 13.0 Å². The lowest BCUT2D eigenvalue weighted by molar-refractivity contribution is -0.130. The molecule has 4 atom stereocenters. The minimum atomic E-state index is -0.152. The maximum Gasteiger partial charge on any atom is 0.242 e. The molecule has 0 bridgehead atoms. The van der Waals surface area contributed by atoms with E-state index in [1.165, 1.54) is 4.68 Å². The van der Waals surface area contributed by atoms with Crippen molar-refractivity contribution in [1.29, 1.82) is 0 Å². The molecule has 1 amide bonds. The Morgan fingerprint density at radius 2 is 2.50 bits per heavy atom. The molecule has 20 heavy (non-hydrogen) atoms. The summed E-state index contributed by atoms with van der Waals surface area (Å²) in [7, 11) is 1.66. The van der Waals surface area contributed by atoms with Crippen LogP contribution >= 0.6 is 0 Å². The van der Waals surface area contributed by atoms with Crippen molar-refractivity contribution in [3.05, 3.63) is 0 Å². The Hall–Kier alpha value is -1.74. The zero-order valence-corrected chi connectivity index (χ0v) is 11.2. The monoisotopic (exact) mass is 282 g/mol. The van der Waals surface area contributed by atoms with E-state index >= 15 is 0 Å². The van der Waals surface area contributed by atoms with Crippen molar-refractivity contribution < 1.29 is 14.3 Å². The SMILES string of the molecule is COC[C@@H]1[C@H](NC(=O)Cn2nnnc2N)[C@@H]2CCO[C@H]12. The molecule has 1 aromatic rings. The number of aromatic nitrogens is 4. The van der Waals surface area contributed by atoms with Gasteiger partial charge in [0, 0.05) is 31.6 Å². The third kappa shape index (κ3) is 2.22. The molecule has 1 aliphatic heterocycles. The molecule has 9 nitrogen and oxygen atoms in total. The van der Waals surface area contributed by atoms with Crippen LogP contribution in [0.15, 0.2) is 0 Å². The molecule has 3 N–H and O–H groups in total. The topological polar surface area (TPSA) is 117 Å². The second-order valence-corrected chi connectivity index (χ2v) is 5.20. The van der Waals surface area contributed by atoms with Crippen LogP contribution in [0, 0.1) is 11.8 Å². The van der Waals surface area contributed by atoms with Crippen molar-refractivity contribution in [2.45, 2.75) is 25.1 Å². The predicted molar refractivity (Wildman–Crippen MR) is 67.4 cm³/mol. The molecule has 0 spiro atoms. The number of methoxy groups -OCH3 is 1. The average Bonchev–Trinajstić information content (AvgIpc) is 3.01. The molecule has 3 rings (SSSR count). The summed E-state index contributed by atoms with van der Waals surface area (Å²) in [5.41, 5.74) is 5.53. The Balaban J connectivity index is 1.59. The Morgan fingerprint density at radius 3 is 3.20 bits per heavy atom. The summed E-state index contributed by atoms with van der Waals surface area (Å²) in [6, 6.07) is 0.0904. The van der Waals surface area contributed by atoms with E-state index in [-0.39, 0.29) is 36.5 Å². The van der Waals surface area contributed by atoms with Crippen molar-refractivity contribution in [3.63, 3.8) is 0 Å². The highest BCUT2D eigenvalue weighted by atomic mass is 16.5. The number of nitrogen functional groups attached to an aromatic ring is 1. The molecule has 9 heteroatoms. The number of nitrogens with one attached hydrogen (secondary N) is 1. The minimum absolute atomic E-state index is 0.0211. The van der Waals surface area contributed by atoms with E-state index in [1.54, 1.807) is 7.11 Å². The first kappa shape index (κ1) is 13.3. The average molecular weight is 282 g/mol. The van der Waals surface area contributed by atoms with Gasteiger partial charge in [0.1, 0.15) is 6.54 Å². The van der Waals surface area contributed by atoms with Gasteiger partial charge in [-0.25, -0.2) is 4.68 Å². The molecule has 110 valence electrons. The van der Waals surface area contributed by atoms with Gasteiger partial charge in [-0.3, -0.25) is 4.79 Å². The number of amides is 1. The number of nitrogens with zero attached hydrogens (tertiary/aromatic N) is 4. The van der Waals surface area contributed by atoms with Crippen LogP contribution in [0.1, 0.15) is 6.42 Å². The molecule has 1 saturated carbocycles. The zero-order valence-electron chi connectivity index (χ0n) is 11.2. The van der Waals surface area contributed by atoms with Gasteiger partial charge in [-0.2, -0.15) is 0 Å². The van der Waals surface area contributed by atoms with E-state index < -0.39 is 0 Å². The zero-order chi connectivity index (χ0) is 14.1. The second-order valence-electron chi connectivity index (χ2n) is 5.20. The number of tetrazole rings is 1. The lowest BCUT2D eigenvalue weighted by atomic mass is 9.67. The van der Waals surface area contributed by atoms with Crippen molar-refractivity contribution in [3.8, 4) is 0 Å². The molecule has 1 aromatic heterocycles. The van der Waals surface area contributed by atoms with Crippen LogP contribution in [0.4, 0.5) is 5.95 Å². The normalized spacial score (nSPS) is 31.6. The standard InChI is InChI=1S/C11H18N6O3/c1-19-5-7-9(6-2-3-20-10(6)7)13-8(18)4-17-11(12)14-15-16-17/h6-7,9-10H,2-5H2,1H3,(H,13,18)(H2,12,14,16)/t6-,7+,9+,10-/m0/s1. The largest absolute Gasteiger partial charge is 0.384 e. The number of hydrogen-bond donors (Lipinski definition) is 2. The summed E-state index contributed by atoms with van der Waals surface area (Å²) < 4.78 is 12.1. The quantitative estimate of drug-likeness (QED) is 0.669. The second kappa shape index (κ2) is 5.33. The molecule has 2 heterocycles. The number of carbonyl (C=O) groups excluding carboxylic acids is 1. The maximum atomic E-state index is 12.0. The van der Waals surface area contributed by atoms with Crippen LogP contribution in [0.2, 0.25) is 0 Å². The van der Waals surface area contributed by atoms with E-state index in [9.17, 15) is 4.79 Å². The third-order valence-corrected chi connectivity index (χ3v) is 4.07. The van der Waals surface area contributed by atoms with Gasteiger partial charge in [0.2, 0.25) is 11.9 Å². The van der Waals surface area contributed by atoms with Crippen molar-refractivity contribution >= 4 is 11.9 Å². The van der Waals surface area contributed by atoms with Gasteiger partial charge in [-0.1, -0.05) is 5.10 Å². The van der Waals surface area contributed by atoms with Gasteiger partial charge >= 0.3 is 0 Å². The van der Waals surface area contributed by atoms with Crippen molar-refractivity contribution in [1.82, 2.24) is 25.5 Å². The first-order chi connectivity index (χ1) is 9.70. The van der Waals surface area contributed by atoms with Gasteiger partial charge in [-0.05, 0) is 16.8 Å². The lowest BCUT2D eigenvalue weighted by Gasteiger charge is -2.47. The summed E-state index contributed by atoms with van der Waals surface area (Å²) in [5, 5.41) is 13.6. The molecule has 1 aliphatic carbocycles. The Morgan fingerprint density at radius 1 is 1.65 bits per heavy atom. The smallest absolute Gasteiger partial charge is 0.242 e. The molecular formula is C11H18N6O3. The fourth-order valence-corrected chi connectivity index (χ4v) is 3.13. The Kier molecular flexibility index (Phi) is 3.53. The molecule has 0 radical (unpaired) electrons. The van der Waals surface area contributed by atoms with Crippen LogP contribution in [0.25, 0.3) is 0 Å². The molecule has 2 aliphatic rings. The summed E-state index contributed by atoms with van der Waals surface area (Å²) in [6.45, 7) is 1.36. The highest BCUT2D eigenvalue weighted by Crippen LogP contribution is 2.43. The number of rotatable bonds is 5. The number of carbonyl (C=O) groups is 1. The van der Waals surface area contributed by atoms with Gasteiger partial charge in [0.25, 0.3) is 0 Å². The van der Waals surface area contributed by atoms with Crippen LogP contribution < -0.4 is 11.1 Å². The Labute approximate surface area is 115 Å². The van der Waals surface area contributed by atoms with Crippen LogP contribution in [-0.2, 0) is 20.8 Å². The molecule has 0 aromatic carbocycles. The van der Waals surface area contributed by atoms with Gasteiger partial charge in [0.05, 0.1) is 12.7 Å². The number of anilines is 1. The minimum Gasteiger partial charge on any atom is -0.384 e. The summed E-state index contributed by atoms with van der Waals surface area (Å²) in [5.74, 6) is 0.567. The fraction of sp³-hybridized carbons (Fsp3) is 0.818. The van der Waals surface area contributed by atoms with Crippen molar-refractivity contribution in [2.24, 2.45) is 11.8 Å². The molecule has 1 saturated heterocycles. The van der Waals surface area contributed by atoms with Crippen LogP contribution in [-0.4, -0.2) is 58.6 Å². The third-order valence-electron chi connectivity index (χ3n) is 4.07. The van der Waals surface area contributed by atoms with E-state index in [0.29, 0.717) is 12.5 Å². The predicted octanol–water partition coefficient (Wildman–Crippen LogP) is -1.58. The molecule has 2 fully saturated rings. The van der Waals surface area contributed by atoms with Gasteiger partial charge in [0.15, 0.2) is 0 Å². The fourth-order valence-electron chi connectivity index (χ4n) is 3.13. The summed E-state index contributed by atoms with van der Waals surface area (Å²) in [4.78, 5) is 12.0.